The number of hydrogen-bond acceptors (Lipinski definition) is 3. The number of fused-ring (bicyclic) bond motifs is 2. The van der Waals surface area contributed by atoms with Crippen LogP contribution in [-0.4, -0.2) is 23.2 Å². The van der Waals surface area contributed by atoms with E-state index in [4.69, 9.17) is 9.47 Å². The Hall–Kier alpha value is -2.08. The lowest BCUT2D eigenvalue weighted by atomic mass is 10.2. The van der Waals surface area contributed by atoms with Gasteiger partial charge in [-0.1, -0.05) is 15.9 Å². The Labute approximate surface area is 128 Å². The molecule has 21 heavy (non-hydrogen) atoms. The predicted molar refractivity (Wildman–Crippen MR) is 80.2 cm³/mol. The predicted octanol–water partition coefficient (Wildman–Crippen LogP) is 3.90. The minimum absolute atomic E-state index is 0.333. The SMILES string of the molecule is Fc1cc(Br)ccc1-c1nc2cc3c(cc2[nH]1)OCCO3. The summed E-state index contributed by atoms with van der Waals surface area (Å²) in [7, 11) is 0. The van der Waals surface area contributed by atoms with Crippen LogP contribution in [0.25, 0.3) is 22.4 Å². The standard InChI is InChI=1S/C15H10BrFN2O2/c16-8-1-2-9(10(17)5-8)15-18-11-6-13-14(7-12(11)19-15)21-4-3-20-13/h1-2,5-7H,3-4H2,(H,18,19). The number of aromatic amines is 1. The summed E-state index contributed by atoms with van der Waals surface area (Å²) in [6.45, 7) is 1.05. The lowest BCUT2D eigenvalue weighted by Gasteiger charge is -2.17. The van der Waals surface area contributed by atoms with E-state index in [1.807, 2.05) is 6.07 Å². The van der Waals surface area contributed by atoms with Gasteiger partial charge in [0.05, 0.1) is 16.6 Å². The van der Waals surface area contributed by atoms with E-state index in [0.29, 0.717) is 40.6 Å². The second-order valence-electron chi connectivity index (χ2n) is 4.72. The molecule has 1 aromatic heterocycles. The molecule has 0 aliphatic carbocycles. The first kappa shape index (κ1) is 12.6. The molecule has 2 heterocycles. The van der Waals surface area contributed by atoms with E-state index in [-0.39, 0.29) is 5.82 Å². The van der Waals surface area contributed by atoms with Crippen molar-refractivity contribution in [3.8, 4) is 22.9 Å². The maximum absolute atomic E-state index is 14.0. The molecule has 4 rings (SSSR count). The Kier molecular flexibility index (Phi) is 2.85. The van der Waals surface area contributed by atoms with E-state index in [2.05, 4.69) is 25.9 Å². The maximum atomic E-state index is 14.0. The molecule has 3 aromatic rings. The van der Waals surface area contributed by atoms with E-state index < -0.39 is 0 Å². The van der Waals surface area contributed by atoms with E-state index in [1.54, 1.807) is 18.2 Å². The second-order valence-corrected chi connectivity index (χ2v) is 5.64. The van der Waals surface area contributed by atoms with Crippen LogP contribution in [0.2, 0.25) is 0 Å². The average molecular weight is 349 g/mol. The minimum Gasteiger partial charge on any atom is -0.486 e. The van der Waals surface area contributed by atoms with Crippen molar-refractivity contribution in [2.24, 2.45) is 0 Å². The molecular formula is C15H10BrFN2O2. The summed E-state index contributed by atoms with van der Waals surface area (Å²) in [4.78, 5) is 7.56. The molecule has 1 aliphatic heterocycles. The summed E-state index contributed by atoms with van der Waals surface area (Å²) in [6, 6.07) is 8.52. The van der Waals surface area contributed by atoms with Crippen LogP contribution in [0.4, 0.5) is 4.39 Å². The summed E-state index contributed by atoms with van der Waals surface area (Å²) < 4.78 is 25.8. The zero-order chi connectivity index (χ0) is 14.4. The monoisotopic (exact) mass is 348 g/mol. The topological polar surface area (TPSA) is 47.1 Å². The highest BCUT2D eigenvalue weighted by Gasteiger charge is 2.16. The Morgan fingerprint density at radius 1 is 1.10 bits per heavy atom. The number of H-pyrrole nitrogens is 1. The summed E-state index contributed by atoms with van der Waals surface area (Å²) in [5, 5.41) is 0. The average Bonchev–Trinajstić information content (AvgIpc) is 2.87. The second kappa shape index (κ2) is 4.73. The third-order valence-corrected chi connectivity index (χ3v) is 3.83. The van der Waals surface area contributed by atoms with Crippen LogP contribution in [-0.2, 0) is 0 Å². The molecule has 0 radical (unpaired) electrons. The van der Waals surface area contributed by atoms with Crippen molar-refractivity contribution in [3.05, 3.63) is 40.6 Å². The normalized spacial score (nSPS) is 13.6. The molecule has 0 saturated carbocycles. The first-order valence-corrected chi connectivity index (χ1v) is 7.25. The number of imidazole rings is 1. The molecule has 1 N–H and O–H groups in total. The lowest BCUT2D eigenvalue weighted by molar-refractivity contribution is 0.172. The number of hydrogen-bond donors (Lipinski definition) is 1. The highest BCUT2D eigenvalue weighted by Crippen LogP contribution is 2.35. The van der Waals surface area contributed by atoms with Crippen molar-refractivity contribution >= 4 is 27.0 Å². The van der Waals surface area contributed by atoms with Crippen LogP contribution in [0.15, 0.2) is 34.8 Å². The van der Waals surface area contributed by atoms with Gasteiger partial charge in [0.1, 0.15) is 24.9 Å². The van der Waals surface area contributed by atoms with Crippen LogP contribution in [0.5, 0.6) is 11.5 Å². The van der Waals surface area contributed by atoms with Gasteiger partial charge < -0.3 is 14.5 Å². The molecule has 0 fully saturated rings. The highest BCUT2D eigenvalue weighted by molar-refractivity contribution is 9.10. The molecule has 0 spiro atoms. The largest absolute Gasteiger partial charge is 0.486 e. The fourth-order valence-corrected chi connectivity index (χ4v) is 2.69. The van der Waals surface area contributed by atoms with Crippen LogP contribution in [0, 0.1) is 5.82 Å². The molecule has 0 amide bonds. The zero-order valence-electron chi connectivity index (χ0n) is 10.8. The number of nitrogens with zero attached hydrogens (tertiary/aromatic N) is 1. The molecule has 4 nitrogen and oxygen atoms in total. The lowest BCUT2D eigenvalue weighted by Crippen LogP contribution is -2.15. The van der Waals surface area contributed by atoms with E-state index in [1.165, 1.54) is 6.07 Å². The van der Waals surface area contributed by atoms with Crippen LogP contribution in [0.3, 0.4) is 0 Å². The van der Waals surface area contributed by atoms with E-state index >= 15 is 0 Å². The van der Waals surface area contributed by atoms with Crippen molar-refractivity contribution in [3.63, 3.8) is 0 Å². The molecule has 1 aliphatic rings. The number of aromatic nitrogens is 2. The number of halogens is 2. The van der Waals surface area contributed by atoms with Crippen LogP contribution >= 0.6 is 15.9 Å². The zero-order valence-corrected chi connectivity index (χ0v) is 12.4. The molecule has 0 atom stereocenters. The van der Waals surface area contributed by atoms with Gasteiger partial charge in [0.2, 0.25) is 0 Å². The third kappa shape index (κ3) is 2.15. The van der Waals surface area contributed by atoms with Gasteiger partial charge in [0, 0.05) is 16.6 Å². The van der Waals surface area contributed by atoms with E-state index in [0.717, 1.165) is 11.0 Å². The van der Waals surface area contributed by atoms with Gasteiger partial charge in [0.15, 0.2) is 11.5 Å². The summed E-state index contributed by atoms with van der Waals surface area (Å²) in [5.41, 5.74) is 1.93. The molecule has 0 unspecified atom stereocenters. The minimum atomic E-state index is -0.333. The smallest absolute Gasteiger partial charge is 0.163 e. The van der Waals surface area contributed by atoms with Crippen molar-refractivity contribution in [2.75, 3.05) is 13.2 Å². The van der Waals surface area contributed by atoms with Gasteiger partial charge in [-0.3, -0.25) is 0 Å². The van der Waals surface area contributed by atoms with Gasteiger partial charge >= 0.3 is 0 Å². The van der Waals surface area contributed by atoms with Crippen molar-refractivity contribution < 1.29 is 13.9 Å². The van der Waals surface area contributed by atoms with E-state index in [9.17, 15) is 4.39 Å². The Balaban J connectivity index is 1.86. The maximum Gasteiger partial charge on any atom is 0.163 e. The van der Waals surface area contributed by atoms with Gasteiger partial charge in [-0.05, 0) is 18.2 Å². The van der Waals surface area contributed by atoms with Crippen molar-refractivity contribution in [2.45, 2.75) is 0 Å². The Morgan fingerprint density at radius 3 is 2.62 bits per heavy atom. The fourth-order valence-electron chi connectivity index (χ4n) is 2.36. The van der Waals surface area contributed by atoms with Crippen LogP contribution in [0.1, 0.15) is 0 Å². The molecular weight excluding hydrogens is 339 g/mol. The first-order chi connectivity index (χ1) is 10.2. The van der Waals surface area contributed by atoms with Crippen molar-refractivity contribution in [1.82, 2.24) is 9.97 Å². The number of ether oxygens (including phenoxy) is 2. The highest BCUT2D eigenvalue weighted by atomic mass is 79.9. The number of rotatable bonds is 1. The van der Waals surface area contributed by atoms with Gasteiger partial charge in [0.25, 0.3) is 0 Å². The van der Waals surface area contributed by atoms with Gasteiger partial charge in [-0.25, -0.2) is 9.37 Å². The molecule has 106 valence electrons. The molecule has 0 saturated heterocycles. The summed E-state index contributed by atoms with van der Waals surface area (Å²) >= 11 is 3.24. The van der Waals surface area contributed by atoms with Gasteiger partial charge in [-0.2, -0.15) is 0 Å². The van der Waals surface area contributed by atoms with Gasteiger partial charge in [-0.15, -0.1) is 0 Å². The van der Waals surface area contributed by atoms with Crippen LogP contribution < -0.4 is 9.47 Å². The molecule has 2 aromatic carbocycles. The third-order valence-electron chi connectivity index (χ3n) is 3.33. The Morgan fingerprint density at radius 2 is 1.86 bits per heavy atom. The van der Waals surface area contributed by atoms with Crippen molar-refractivity contribution in [1.29, 1.82) is 0 Å². The Bertz CT molecular complexity index is 804. The summed E-state index contributed by atoms with van der Waals surface area (Å²) in [6.07, 6.45) is 0. The summed E-state index contributed by atoms with van der Waals surface area (Å²) in [5.74, 6) is 1.50. The number of nitrogens with one attached hydrogen (secondary N) is 1. The fraction of sp³-hybridized carbons (Fsp3) is 0.133. The molecule has 0 bridgehead atoms. The quantitative estimate of drug-likeness (QED) is 0.725. The number of benzene rings is 2. The molecule has 6 heteroatoms. The first-order valence-electron chi connectivity index (χ1n) is 6.45.